The third-order valence-electron chi connectivity index (χ3n) is 6.47. The highest BCUT2D eigenvalue weighted by Gasteiger charge is 2.43. The van der Waals surface area contributed by atoms with E-state index in [0.29, 0.717) is 40.8 Å². The molecule has 4 rings (SSSR count). The lowest BCUT2D eigenvalue weighted by molar-refractivity contribution is -0.385. The SMILES string of the molecule is Cc1cc([N+](=O)[O-])cnc1N(CC[C@@H]1C[C@@H]1C1CCN(c2ncc(Cl)cn2)CC1)C(=O)O. The Labute approximate surface area is 190 Å². The quantitative estimate of drug-likeness (QED) is 0.482. The van der Waals surface area contributed by atoms with E-state index in [-0.39, 0.29) is 11.5 Å². The Hall–Kier alpha value is -3.01. The zero-order chi connectivity index (χ0) is 22.8. The van der Waals surface area contributed by atoms with Gasteiger partial charge >= 0.3 is 6.09 Å². The molecule has 1 saturated heterocycles. The highest BCUT2D eigenvalue weighted by molar-refractivity contribution is 6.30. The summed E-state index contributed by atoms with van der Waals surface area (Å²) in [4.78, 5) is 38.2. The summed E-state index contributed by atoms with van der Waals surface area (Å²) in [6, 6.07) is 1.36. The molecule has 0 aromatic carbocycles. The van der Waals surface area contributed by atoms with Crippen LogP contribution in [-0.4, -0.2) is 50.7 Å². The maximum atomic E-state index is 11.8. The van der Waals surface area contributed by atoms with Gasteiger partial charge in [0.15, 0.2) is 0 Å². The van der Waals surface area contributed by atoms with Crippen molar-refractivity contribution in [2.75, 3.05) is 29.4 Å². The molecule has 170 valence electrons. The molecule has 0 unspecified atom stereocenters. The summed E-state index contributed by atoms with van der Waals surface area (Å²) < 4.78 is 0. The Balaban J connectivity index is 1.29. The van der Waals surface area contributed by atoms with Gasteiger partial charge in [0.25, 0.3) is 5.69 Å². The molecule has 2 aromatic rings. The number of nitrogens with zero attached hydrogens (tertiary/aromatic N) is 6. The van der Waals surface area contributed by atoms with Crippen molar-refractivity contribution in [1.82, 2.24) is 15.0 Å². The van der Waals surface area contributed by atoms with Gasteiger partial charge in [-0.25, -0.2) is 19.7 Å². The number of anilines is 2. The molecule has 10 nitrogen and oxygen atoms in total. The maximum absolute atomic E-state index is 11.8. The number of amides is 1. The van der Waals surface area contributed by atoms with E-state index < -0.39 is 11.0 Å². The van der Waals surface area contributed by atoms with Gasteiger partial charge in [-0.15, -0.1) is 0 Å². The lowest BCUT2D eigenvalue weighted by atomic mass is 9.90. The van der Waals surface area contributed by atoms with Crippen LogP contribution in [0.4, 0.5) is 22.2 Å². The van der Waals surface area contributed by atoms with Crippen LogP contribution in [0.5, 0.6) is 0 Å². The lowest BCUT2D eigenvalue weighted by Gasteiger charge is -2.32. The molecule has 2 aliphatic rings. The maximum Gasteiger partial charge on any atom is 0.413 e. The molecule has 32 heavy (non-hydrogen) atoms. The number of aryl methyl sites for hydroxylation is 1. The zero-order valence-electron chi connectivity index (χ0n) is 17.7. The van der Waals surface area contributed by atoms with E-state index in [2.05, 4.69) is 19.9 Å². The normalized spacial score (nSPS) is 20.8. The lowest BCUT2D eigenvalue weighted by Crippen LogP contribution is -2.35. The standard InChI is InChI=1S/C21H25ClN6O4/c1-13-8-17(28(31)32)12-23-19(13)27(21(29)30)7-4-15-9-18(15)14-2-5-26(6-3-14)20-24-10-16(22)11-25-20/h8,10-12,14-15,18H,2-7,9H2,1H3,(H,29,30)/t15-,18-/m1/s1. The molecule has 1 N–H and O–H groups in total. The van der Waals surface area contributed by atoms with Crippen LogP contribution < -0.4 is 9.80 Å². The van der Waals surface area contributed by atoms with Crippen molar-refractivity contribution < 1.29 is 14.8 Å². The van der Waals surface area contributed by atoms with Crippen molar-refractivity contribution in [1.29, 1.82) is 0 Å². The second kappa shape index (κ2) is 9.23. The molecule has 1 aliphatic heterocycles. The molecule has 2 fully saturated rings. The number of rotatable bonds is 7. The zero-order valence-corrected chi connectivity index (χ0v) is 18.5. The number of carbonyl (C=O) groups is 1. The molecule has 2 atom stereocenters. The summed E-state index contributed by atoms with van der Waals surface area (Å²) in [6.07, 6.45) is 7.25. The number of hydrogen-bond donors (Lipinski definition) is 1. The molecule has 1 amide bonds. The number of hydrogen-bond acceptors (Lipinski definition) is 7. The Kier molecular flexibility index (Phi) is 6.40. The number of piperidine rings is 1. The van der Waals surface area contributed by atoms with Crippen molar-refractivity contribution in [3.63, 3.8) is 0 Å². The van der Waals surface area contributed by atoms with Crippen LogP contribution in [0.1, 0.15) is 31.2 Å². The van der Waals surface area contributed by atoms with E-state index in [9.17, 15) is 20.0 Å². The predicted octanol–water partition coefficient (Wildman–Crippen LogP) is 4.17. The number of halogens is 1. The molecule has 11 heteroatoms. The largest absolute Gasteiger partial charge is 0.465 e. The van der Waals surface area contributed by atoms with E-state index in [1.54, 1.807) is 19.3 Å². The first-order valence-electron chi connectivity index (χ1n) is 10.7. The summed E-state index contributed by atoms with van der Waals surface area (Å²) in [5, 5.41) is 21.1. The Bertz CT molecular complexity index is 996. The Morgan fingerprint density at radius 1 is 1.28 bits per heavy atom. The minimum absolute atomic E-state index is 0.144. The molecule has 0 bridgehead atoms. The number of pyridine rings is 1. The number of carboxylic acid groups (broad SMARTS) is 1. The average Bonchev–Trinajstić information content (AvgIpc) is 3.55. The van der Waals surface area contributed by atoms with Gasteiger partial charge in [0.2, 0.25) is 5.95 Å². The third-order valence-corrected chi connectivity index (χ3v) is 6.66. The van der Waals surface area contributed by atoms with Crippen LogP contribution in [0.2, 0.25) is 5.02 Å². The number of aromatic nitrogens is 3. The van der Waals surface area contributed by atoms with Crippen molar-refractivity contribution in [3.05, 3.63) is 45.4 Å². The Morgan fingerprint density at radius 2 is 1.97 bits per heavy atom. The van der Waals surface area contributed by atoms with Crippen molar-refractivity contribution >= 4 is 35.1 Å². The summed E-state index contributed by atoms with van der Waals surface area (Å²) in [6.45, 7) is 3.79. The van der Waals surface area contributed by atoms with Gasteiger partial charge in [-0.1, -0.05) is 11.6 Å². The monoisotopic (exact) mass is 460 g/mol. The number of nitro groups is 1. The summed E-state index contributed by atoms with van der Waals surface area (Å²) in [7, 11) is 0. The van der Waals surface area contributed by atoms with E-state index in [1.807, 2.05) is 0 Å². The van der Waals surface area contributed by atoms with Gasteiger partial charge in [0.05, 0.1) is 22.3 Å². The predicted molar refractivity (Wildman–Crippen MR) is 119 cm³/mol. The molecule has 1 saturated carbocycles. The highest BCUT2D eigenvalue weighted by atomic mass is 35.5. The van der Waals surface area contributed by atoms with Gasteiger partial charge in [0.1, 0.15) is 12.0 Å². The summed E-state index contributed by atoms with van der Waals surface area (Å²) in [5.41, 5.74) is 0.333. The van der Waals surface area contributed by atoms with Crippen LogP contribution in [0, 0.1) is 34.8 Å². The molecular formula is C21H25ClN6O4. The fourth-order valence-electron chi connectivity index (χ4n) is 4.70. The fourth-order valence-corrected chi connectivity index (χ4v) is 4.80. The molecular weight excluding hydrogens is 436 g/mol. The minimum Gasteiger partial charge on any atom is -0.465 e. The minimum atomic E-state index is -1.09. The van der Waals surface area contributed by atoms with Gasteiger partial charge in [-0.05, 0) is 55.9 Å². The van der Waals surface area contributed by atoms with Crippen LogP contribution in [-0.2, 0) is 0 Å². The first kappa shape index (κ1) is 22.2. The van der Waals surface area contributed by atoms with Gasteiger partial charge < -0.3 is 10.0 Å². The molecule has 0 radical (unpaired) electrons. The first-order valence-corrected chi connectivity index (χ1v) is 11.0. The van der Waals surface area contributed by atoms with Gasteiger partial charge in [-0.2, -0.15) is 0 Å². The fraction of sp³-hybridized carbons (Fsp3) is 0.524. The van der Waals surface area contributed by atoms with Crippen LogP contribution in [0.25, 0.3) is 0 Å². The van der Waals surface area contributed by atoms with Crippen LogP contribution >= 0.6 is 11.6 Å². The first-order chi connectivity index (χ1) is 15.3. The van der Waals surface area contributed by atoms with Crippen molar-refractivity contribution in [2.24, 2.45) is 17.8 Å². The van der Waals surface area contributed by atoms with Crippen LogP contribution in [0.15, 0.2) is 24.7 Å². The van der Waals surface area contributed by atoms with E-state index in [1.165, 1.54) is 11.0 Å². The van der Waals surface area contributed by atoms with Gasteiger partial charge in [-0.3, -0.25) is 15.0 Å². The van der Waals surface area contributed by atoms with Crippen LogP contribution in [0.3, 0.4) is 0 Å². The molecule has 2 aromatic heterocycles. The second-order valence-corrected chi connectivity index (χ2v) is 8.94. The summed E-state index contributed by atoms with van der Waals surface area (Å²) >= 11 is 5.86. The Morgan fingerprint density at radius 3 is 2.56 bits per heavy atom. The van der Waals surface area contributed by atoms with E-state index in [4.69, 9.17) is 11.6 Å². The highest BCUT2D eigenvalue weighted by Crippen LogP contribution is 2.50. The van der Waals surface area contributed by atoms with Crippen molar-refractivity contribution in [3.8, 4) is 0 Å². The smallest absolute Gasteiger partial charge is 0.413 e. The van der Waals surface area contributed by atoms with E-state index in [0.717, 1.165) is 45.0 Å². The molecule has 1 aliphatic carbocycles. The van der Waals surface area contributed by atoms with Gasteiger partial charge in [0, 0.05) is 25.7 Å². The molecule has 3 heterocycles. The average molecular weight is 461 g/mol. The summed E-state index contributed by atoms with van der Waals surface area (Å²) in [5.74, 6) is 2.71. The second-order valence-electron chi connectivity index (χ2n) is 8.50. The van der Waals surface area contributed by atoms with E-state index >= 15 is 0 Å². The third kappa shape index (κ3) is 4.90. The van der Waals surface area contributed by atoms with Crippen molar-refractivity contribution in [2.45, 2.75) is 32.6 Å². The topological polar surface area (TPSA) is 126 Å². The molecule has 0 spiro atoms.